The van der Waals surface area contributed by atoms with Gasteiger partial charge in [-0.25, -0.2) is 0 Å². The van der Waals surface area contributed by atoms with Crippen molar-refractivity contribution in [1.82, 2.24) is 10.6 Å². The summed E-state index contributed by atoms with van der Waals surface area (Å²) < 4.78 is 0. The van der Waals surface area contributed by atoms with E-state index in [2.05, 4.69) is 10.6 Å². The van der Waals surface area contributed by atoms with Crippen LogP contribution in [0.1, 0.15) is 49.0 Å². The highest BCUT2D eigenvalue weighted by Gasteiger charge is 2.10. The molecule has 30 heavy (non-hydrogen) atoms. The molecule has 2 aromatic carbocycles. The van der Waals surface area contributed by atoms with E-state index in [1.807, 2.05) is 0 Å². The first-order valence-electron chi connectivity index (χ1n) is 10.2. The number of aromatic hydroxyl groups is 4. The highest BCUT2D eigenvalue weighted by atomic mass is 16.3. The topological polar surface area (TPSA) is 145 Å². The minimum atomic E-state index is -0.748. The molecule has 0 saturated heterocycles. The van der Waals surface area contributed by atoms with Crippen molar-refractivity contribution in [3.8, 4) is 23.0 Å². The Kier molecular flexibility index (Phi) is 9.69. The van der Waals surface area contributed by atoms with Crippen LogP contribution in [0.5, 0.6) is 23.0 Å². The van der Waals surface area contributed by atoms with Crippen LogP contribution in [-0.4, -0.2) is 56.8 Å². The average Bonchev–Trinajstić information content (AvgIpc) is 2.73. The number of aliphatic hydroxyl groups excluding tert-OH is 2. The largest absolute Gasteiger partial charge is 0.504 e. The van der Waals surface area contributed by atoms with E-state index in [0.29, 0.717) is 24.2 Å². The molecule has 8 nitrogen and oxygen atoms in total. The van der Waals surface area contributed by atoms with Crippen molar-refractivity contribution >= 4 is 0 Å². The van der Waals surface area contributed by atoms with E-state index in [1.165, 1.54) is 24.3 Å². The number of hydrogen-bond acceptors (Lipinski definition) is 8. The Morgan fingerprint density at radius 3 is 1.33 bits per heavy atom. The van der Waals surface area contributed by atoms with Gasteiger partial charge in [0.2, 0.25) is 0 Å². The molecule has 2 rings (SSSR count). The van der Waals surface area contributed by atoms with Gasteiger partial charge in [0.1, 0.15) is 0 Å². The maximum atomic E-state index is 10.1. The molecule has 166 valence electrons. The number of benzene rings is 2. The summed E-state index contributed by atoms with van der Waals surface area (Å²) in [5, 5.41) is 64.0. The molecule has 0 aliphatic carbocycles. The Hall–Kier alpha value is -2.52. The summed E-state index contributed by atoms with van der Waals surface area (Å²) in [6.07, 6.45) is 2.54. The van der Waals surface area contributed by atoms with Crippen molar-refractivity contribution in [2.45, 2.75) is 37.9 Å². The van der Waals surface area contributed by atoms with Gasteiger partial charge in [0.15, 0.2) is 23.0 Å². The lowest BCUT2D eigenvalue weighted by Gasteiger charge is -2.13. The number of hydrogen-bond donors (Lipinski definition) is 8. The number of phenols is 4. The zero-order chi connectivity index (χ0) is 21.9. The minimum absolute atomic E-state index is 0.206. The Balaban J connectivity index is 1.48. The number of phenolic OH excluding ortho intramolecular Hbond substituents is 4. The zero-order valence-corrected chi connectivity index (χ0v) is 17.0. The van der Waals surface area contributed by atoms with Gasteiger partial charge in [0.05, 0.1) is 12.2 Å². The molecule has 0 aliphatic heterocycles. The molecule has 0 aromatic heterocycles. The first-order valence-corrected chi connectivity index (χ1v) is 10.2. The second-order valence-corrected chi connectivity index (χ2v) is 7.35. The third-order valence-corrected chi connectivity index (χ3v) is 4.90. The van der Waals surface area contributed by atoms with Crippen molar-refractivity contribution in [3.05, 3.63) is 47.5 Å². The summed E-state index contributed by atoms with van der Waals surface area (Å²) >= 11 is 0. The predicted molar refractivity (Wildman–Crippen MR) is 114 cm³/mol. The zero-order valence-electron chi connectivity index (χ0n) is 17.0. The van der Waals surface area contributed by atoms with E-state index < -0.39 is 12.2 Å². The van der Waals surface area contributed by atoms with Crippen molar-refractivity contribution in [1.29, 1.82) is 0 Å². The molecule has 0 spiro atoms. The second-order valence-electron chi connectivity index (χ2n) is 7.35. The molecule has 0 unspecified atom stereocenters. The van der Waals surface area contributed by atoms with Gasteiger partial charge in [0, 0.05) is 13.1 Å². The fraction of sp³-hybridized carbons (Fsp3) is 0.455. The smallest absolute Gasteiger partial charge is 0.157 e. The van der Waals surface area contributed by atoms with Crippen molar-refractivity contribution < 1.29 is 30.6 Å². The fourth-order valence-corrected chi connectivity index (χ4v) is 3.06. The second kappa shape index (κ2) is 12.2. The molecule has 0 saturated carbocycles. The van der Waals surface area contributed by atoms with Crippen molar-refractivity contribution in [2.24, 2.45) is 0 Å². The van der Waals surface area contributed by atoms with E-state index in [0.717, 1.165) is 38.8 Å². The van der Waals surface area contributed by atoms with Crippen LogP contribution >= 0.6 is 0 Å². The van der Waals surface area contributed by atoms with Gasteiger partial charge < -0.3 is 41.3 Å². The van der Waals surface area contributed by atoms with Crippen LogP contribution in [0.3, 0.4) is 0 Å². The van der Waals surface area contributed by atoms with Crippen LogP contribution in [0.4, 0.5) is 0 Å². The third kappa shape index (κ3) is 7.72. The van der Waals surface area contributed by atoms with Gasteiger partial charge in [-0.15, -0.1) is 0 Å². The summed E-state index contributed by atoms with van der Waals surface area (Å²) in [5.41, 5.74) is 1.10. The summed E-state index contributed by atoms with van der Waals surface area (Å²) in [4.78, 5) is 0. The molecular weight excluding hydrogens is 388 g/mol. The molecule has 0 bridgehead atoms. The monoisotopic (exact) mass is 420 g/mol. The van der Waals surface area contributed by atoms with Crippen LogP contribution in [0.2, 0.25) is 0 Å². The van der Waals surface area contributed by atoms with E-state index in [-0.39, 0.29) is 23.0 Å². The standard InChI is InChI=1S/C22H32N2O6/c25-17-7-5-15(11-19(17)27)21(29)13-23-9-3-1-2-4-10-24-14-22(30)16-6-8-18(26)20(28)12-16/h5-8,11-12,21-30H,1-4,9-10,13-14H2/t21-,22-/m1/s1. The number of nitrogens with one attached hydrogen (secondary N) is 2. The Morgan fingerprint density at radius 1 is 0.567 bits per heavy atom. The van der Waals surface area contributed by atoms with Gasteiger partial charge >= 0.3 is 0 Å². The SMILES string of the molecule is Oc1ccc([C@H](O)CNCCCCCCNC[C@@H](O)c2ccc(O)c(O)c2)cc1O. The Morgan fingerprint density at radius 2 is 0.967 bits per heavy atom. The van der Waals surface area contributed by atoms with Gasteiger partial charge in [0.25, 0.3) is 0 Å². The molecule has 0 aliphatic rings. The Bertz CT molecular complexity index is 721. The molecule has 0 heterocycles. The van der Waals surface area contributed by atoms with Gasteiger partial charge in [-0.2, -0.15) is 0 Å². The van der Waals surface area contributed by atoms with Gasteiger partial charge in [-0.3, -0.25) is 0 Å². The minimum Gasteiger partial charge on any atom is -0.504 e. The van der Waals surface area contributed by atoms with Gasteiger partial charge in [-0.1, -0.05) is 25.0 Å². The first-order chi connectivity index (χ1) is 14.4. The molecular formula is C22H32N2O6. The van der Waals surface area contributed by atoms with Crippen LogP contribution in [0.15, 0.2) is 36.4 Å². The van der Waals surface area contributed by atoms with E-state index in [9.17, 15) is 30.6 Å². The van der Waals surface area contributed by atoms with Crippen LogP contribution in [0, 0.1) is 0 Å². The van der Waals surface area contributed by atoms with Gasteiger partial charge in [-0.05, 0) is 61.3 Å². The number of rotatable bonds is 13. The lowest BCUT2D eigenvalue weighted by atomic mass is 10.1. The third-order valence-electron chi connectivity index (χ3n) is 4.90. The average molecular weight is 421 g/mol. The molecule has 0 fully saturated rings. The molecule has 0 radical (unpaired) electrons. The molecule has 8 heteroatoms. The fourth-order valence-electron chi connectivity index (χ4n) is 3.06. The quantitative estimate of drug-likeness (QED) is 0.181. The number of unbranched alkanes of at least 4 members (excludes halogenated alkanes) is 3. The lowest BCUT2D eigenvalue weighted by Crippen LogP contribution is -2.23. The highest BCUT2D eigenvalue weighted by Crippen LogP contribution is 2.28. The molecule has 0 amide bonds. The normalized spacial score (nSPS) is 13.3. The molecule has 2 atom stereocenters. The molecule has 2 aromatic rings. The van der Waals surface area contributed by atoms with E-state index >= 15 is 0 Å². The van der Waals surface area contributed by atoms with Crippen LogP contribution < -0.4 is 10.6 Å². The highest BCUT2D eigenvalue weighted by molar-refractivity contribution is 5.42. The lowest BCUT2D eigenvalue weighted by molar-refractivity contribution is 0.173. The maximum absolute atomic E-state index is 10.1. The summed E-state index contributed by atoms with van der Waals surface area (Å²) in [6, 6.07) is 8.59. The Labute approximate surface area is 176 Å². The van der Waals surface area contributed by atoms with Crippen LogP contribution in [0.25, 0.3) is 0 Å². The molecule has 8 N–H and O–H groups in total. The van der Waals surface area contributed by atoms with Crippen molar-refractivity contribution in [3.63, 3.8) is 0 Å². The van der Waals surface area contributed by atoms with Crippen molar-refractivity contribution in [2.75, 3.05) is 26.2 Å². The number of aliphatic hydroxyl groups is 2. The van der Waals surface area contributed by atoms with E-state index in [1.54, 1.807) is 12.1 Å². The van der Waals surface area contributed by atoms with Crippen LogP contribution in [-0.2, 0) is 0 Å². The summed E-state index contributed by atoms with van der Waals surface area (Å²) in [6.45, 7) is 2.29. The first kappa shape index (κ1) is 23.8. The summed E-state index contributed by atoms with van der Waals surface area (Å²) in [7, 11) is 0. The summed E-state index contributed by atoms with van der Waals surface area (Å²) in [5.74, 6) is -0.895. The van der Waals surface area contributed by atoms with E-state index in [4.69, 9.17) is 0 Å². The maximum Gasteiger partial charge on any atom is 0.157 e. The predicted octanol–water partition coefficient (Wildman–Crippen LogP) is 2.02.